The van der Waals surface area contributed by atoms with Gasteiger partial charge in [0.2, 0.25) is 0 Å². The van der Waals surface area contributed by atoms with Crippen LogP contribution in [0.5, 0.6) is 0 Å². The second kappa shape index (κ2) is 5.77. The summed E-state index contributed by atoms with van der Waals surface area (Å²) >= 11 is 0. The highest BCUT2D eigenvalue weighted by atomic mass is 19.3. The summed E-state index contributed by atoms with van der Waals surface area (Å²) in [5.74, 6) is -3.88. The Balaban J connectivity index is 2.93. The first-order chi connectivity index (χ1) is 9.38. The van der Waals surface area contributed by atoms with Crippen molar-refractivity contribution in [1.82, 2.24) is 4.90 Å². The maximum Gasteiger partial charge on any atom is 0.410 e. The van der Waals surface area contributed by atoms with Crippen LogP contribution in [0.15, 0.2) is 0 Å². The van der Waals surface area contributed by atoms with Crippen LogP contribution in [-0.4, -0.2) is 48.2 Å². The molecule has 1 rings (SSSR count). The van der Waals surface area contributed by atoms with E-state index in [2.05, 4.69) is 0 Å². The highest BCUT2D eigenvalue weighted by molar-refractivity contribution is 5.78. The second-order valence-corrected chi connectivity index (χ2v) is 6.65. The van der Waals surface area contributed by atoms with Gasteiger partial charge in [-0.15, -0.1) is 0 Å². The van der Waals surface area contributed by atoms with Gasteiger partial charge in [0.1, 0.15) is 5.60 Å². The number of carbonyl (C=O) groups is 2. The molecule has 1 heterocycles. The van der Waals surface area contributed by atoms with E-state index in [1.807, 2.05) is 0 Å². The van der Waals surface area contributed by atoms with Crippen LogP contribution < -0.4 is 0 Å². The molecule has 0 bridgehead atoms. The van der Waals surface area contributed by atoms with Crippen LogP contribution >= 0.6 is 0 Å². The highest BCUT2D eigenvalue weighted by Gasteiger charge is 2.53. The van der Waals surface area contributed by atoms with Crippen molar-refractivity contribution < 1.29 is 27.8 Å². The Hall–Kier alpha value is -1.40. The normalized spacial score (nSPS) is 25.4. The molecule has 1 aliphatic rings. The molecule has 1 amide bonds. The zero-order chi connectivity index (χ0) is 16.5. The highest BCUT2D eigenvalue weighted by Crippen LogP contribution is 2.39. The summed E-state index contributed by atoms with van der Waals surface area (Å²) in [5.41, 5.74) is -2.22. The number of halogens is 2. The molecule has 7 heteroatoms. The number of piperidine rings is 1. The van der Waals surface area contributed by atoms with Crippen molar-refractivity contribution in [1.29, 1.82) is 0 Å². The summed E-state index contributed by atoms with van der Waals surface area (Å²) in [4.78, 5) is 24.8. The molecule has 0 aromatic heterocycles. The van der Waals surface area contributed by atoms with Gasteiger partial charge in [0, 0.05) is 13.0 Å². The van der Waals surface area contributed by atoms with Crippen LogP contribution in [0.25, 0.3) is 0 Å². The van der Waals surface area contributed by atoms with E-state index in [-0.39, 0.29) is 13.2 Å². The maximum atomic E-state index is 13.9. The number of ether oxygens (including phenoxy) is 2. The van der Waals surface area contributed by atoms with Gasteiger partial charge in [-0.1, -0.05) is 0 Å². The van der Waals surface area contributed by atoms with Crippen molar-refractivity contribution >= 4 is 12.1 Å². The Kier molecular flexibility index (Phi) is 4.85. The Morgan fingerprint density at radius 2 is 1.81 bits per heavy atom. The van der Waals surface area contributed by atoms with Crippen LogP contribution in [0.4, 0.5) is 13.6 Å². The van der Waals surface area contributed by atoms with Crippen LogP contribution in [0.1, 0.15) is 41.0 Å². The molecule has 1 saturated heterocycles. The number of amides is 1. The monoisotopic (exact) mass is 307 g/mol. The van der Waals surface area contributed by atoms with Crippen LogP contribution in [-0.2, 0) is 14.3 Å². The first-order valence-electron chi connectivity index (χ1n) is 6.91. The average molecular weight is 307 g/mol. The standard InChI is InChI=1S/C14H23F2NO4/c1-6-20-10(18)13(5)7-14(15,16)9-17(8-13)11(19)21-12(2,3)4/h6-9H2,1-5H3. The van der Waals surface area contributed by atoms with Gasteiger partial charge in [0.25, 0.3) is 5.92 Å². The summed E-state index contributed by atoms with van der Waals surface area (Å²) in [7, 11) is 0. The van der Waals surface area contributed by atoms with Gasteiger partial charge in [-0.05, 0) is 34.6 Å². The first-order valence-corrected chi connectivity index (χ1v) is 6.91. The lowest BCUT2D eigenvalue weighted by molar-refractivity contribution is -0.171. The van der Waals surface area contributed by atoms with E-state index in [4.69, 9.17) is 9.47 Å². The summed E-state index contributed by atoms with van der Waals surface area (Å²) in [6, 6.07) is 0. The Bertz CT molecular complexity index is 420. The molecule has 122 valence electrons. The zero-order valence-corrected chi connectivity index (χ0v) is 13.2. The number of rotatable bonds is 2. The number of nitrogens with zero attached hydrogens (tertiary/aromatic N) is 1. The minimum Gasteiger partial charge on any atom is -0.466 e. The lowest BCUT2D eigenvalue weighted by Gasteiger charge is -2.42. The third kappa shape index (κ3) is 4.82. The number of hydrogen-bond donors (Lipinski definition) is 0. The minimum absolute atomic E-state index is 0.104. The topological polar surface area (TPSA) is 55.8 Å². The molecule has 1 aliphatic heterocycles. The molecule has 0 aromatic carbocycles. The zero-order valence-electron chi connectivity index (χ0n) is 13.2. The Morgan fingerprint density at radius 1 is 1.24 bits per heavy atom. The van der Waals surface area contributed by atoms with Gasteiger partial charge in [-0.25, -0.2) is 13.6 Å². The quantitative estimate of drug-likeness (QED) is 0.736. The molecular weight excluding hydrogens is 284 g/mol. The molecule has 5 nitrogen and oxygen atoms in total. The summed E-state index contributed by atoms with van der Waals surface area (Å²) in [5, 5.41) is 0. The number of carbonyl (C=O) groups excluding carboxylic acids is 2. The summed E-state index contributed by atoms with van der Waals surface area (Å²) < 4.78 is 37.7. The van der Waals surface area contributed by atoms with Crippen molar-refractivity contribution in [3.63, 3.8) is 0 Å². The summed E-state index contributed by atoms with van der Waals surface area (Å²) in [6.07, 6.45) is -1.49. The van der Waals surface area contributed by atoms with Gasteiger partial charge in [0.15, 0.2) is 0 Å². The van der Waals surface area contributed by atoms with Crippen LogP contribution in [0.2, 0.25) is 0 Å². The molecule has 1 unspecified atom stereocenters. The van der Waals surface area contributed by atoms with Gasteiger partial charge in [-0.3, -0.25) is 4.79 Å². The van der Waals surface area contributed by atoms with E-state index in [0.29, 0.717) is 0 Å². The van der Waals surface area contributed by atoms with Gasteiger partial charge in [-0.2, -0.15) is 0 Å². The van der Waals surface area contributed by atoms with Gasteiger partial charge in [0.05, 0.1) is 18.6 Å². The average Bonchev–Trinajstić information content (AvgIpc) is 2.24. The fraction of sp³-hybridized carbons (Fsp3) is 0.857. The third-order valence-corrected chi connectivity index (χ3v) is 3.03. The first kappa shape index (κ1) is 17.7. The van der Waals surface area contributed by atoms with Gasteiger partial charge < -0.3 is 14.4 Å². The Labute approximate surface area is 123 Å². The van der Waals surface area contributed by atoms with E-state index in [1.54, 1.807) is 27.7 Å². The lowest BCUT2D eigenvalue weighted by Crippen LogP contribution is -2.57. The molecule has 0 aliphatic carbocycles. The molecular formula is C14H23F2NO4. The SMILES string of the molecule is CCOC(=O)C1(C)CN(C(=O)OC(C)(C)C)CC(F)(F)C1. The van der Waals surface area contributed by atoms with E-state index in [9.17, 15) is 18.4 Å². The molecule has 0 N–H and O–H groups in total. The van der Waals surface area contributed by atoms with Crippen molar-refractivity contribution in [3.8, 4) is 0 Å². The molecule has 1 fully saturated rings. The fourth-order valence-corrected chi connectivity index (χ4v) is 2.34. The molecule has 1 atom stereocenters. The molecule has 0 aromatic rings. The second-order valence-electron chi connectivity index (χ2n) is 6.65. The van der Waals surface area contributed by atoms with E-state index >= 15 is 0 Å². The van der Waals surface area contributed by atoms with E-state index < -0.39 is 42.0 Å². The van der Waals surface area contributed by atoms with Crippen LogP contribution in [0, 0.1) is 5.41 Å². The smallest absolute Gasteiger partial charge is 0.410 e. The number of alkyl halides is 2. The minimum atomic E-state index is -3.16. The Morgan fingerprint density at radius 3 is 2.29 bits per heavy atom. The number of likely N-dealkylation sites (tertiary alicyclic amines) is 1. The van der Waals surface area contributed by atoms with Crippen molar-refractivity contribution in [3.05, 3.63) is 0 Å². The predicted octanol–water partition coefficient (Wildman–Crippen LogP) is 2.83. The molecule has 21 heavy (non-hydrogen) atoms. The lowest BCUT2D eigenvalue weighted by atomic mass is 9.80. The fourth-order valence-electron chi connectivity index (χ4n) is 2.34. The van der Waals surface area contributed by atoms with Crippen molar-refractivity contribution in [2.24, 2.45) is 5.41 Å². The molecule has 0 spiro atoms. The van der Waals surface area contributed by atoms with Crippen molar-refractivity contribution in [2.45, 2.75) is 52.6 Å². The number of hydrogen-bond acceptors (Lipinski definition) is 4. The van der Waals surface area contributed by atoms with Crippen molar-refractivity contribution in [2.75, 3.05) is 19.7 Å². The summed E-state index contributed by atoms with van der Waals surface area (Å²) in [6.45, 7) is 7.15. The molecule has 0 radical (unpaired) electrons. The third-order valence-electron chi connectivity index (χ3n) is 3.03. The number of esters is 1. The largest absolute Gasteiger partial charge is 0.466 e. The van der Waals surface area contributed by atoms with E-state index in [0.717, 1.165) is 4.90 Å². The predicted molar refractivity (Wildman–Crippen MR) is 72.1 cm³/mol. The molecule has 0 saturated carbocycles. The van der Waals surface area contributed by atoms with Gasteiger partial charge >= 0.3 is 12.1 Å². The van der Waals surface area contributed by atoms with Crippen LogP contribution in [0.3, 0.4) is 0 Å². The van der Waals surface area contributed by atoms with E-state index in [1.165, 1.54) is 6.92 Å². The maximum absolute atomic E-state index is 13.9.